The Morgan fingerprint density at radius 3 is 1.14 bits per heavy atom. The number of fused-ring (bicyclic) bond motifs is 15. The molecule has 3 aromatic heterocycles. The number of nitrogens with one attached hydrogen (secondary N) is 1. The summed E-state index contributed by atoms with van der Waals surface area (Å²) in [6.07, 6.45) is 5.91. The average molecular weight is 2050 g/mol. The summed E-state index contributed by atoms with van der Waals surface area (Å²) in [4.78, 5) is 151. The van der Waals surface area contributed by atoms with Crippen molar-refractivity contribution in [2.45, 2.75) is 330 Å². The van der Waals surface area contributed by atoms with Crippen LogP contribution in [-0.2, 0) is 127 Å². The number of nitrogens with zero attached hydrogens (tertiary/aromatic N) is 9. The molecule has 753 valence electrons. The van der Waals surface area contributed by atoms with Crippen LogP contribution in [0.25, 0.3) is 33.1 Å². The Balaban J connectivity index is 0.000000211. The summed E-state index contributed by atoms with van der Waals surface area (Å²) in [5, 5.41) is 2.80. The minimum atomic E-state index is -4.87. The first kappa shape index (κ1) is 111. The smallest absolute Gasteiger partial charge is 0.540 e. The van der Waals surface area contributed by atoms with Crippen molar-refractivity contribution in [1.29, 1.82) is 0 Å². The Labute approximate surface area is 833 Å². The van der Waals surface area contributed by atoms with Gasteiger partial charge in [0.25, 0.3) is 0 Å². The second-order valence-electron chi connectivity index (χ2n) is 40.7. The van der Waals surface area contributed by atoms with E-state index in [2.05, 4.69) is 34.5 Å². The number of carbonyl (C=O) groups is 6. The number of ether oxygens (including phenoxy) is 9. The largest absolute Gasteiger partial charge is 0.573 e. The molecule has 3 radical (unpaired) electrons. The molecule has 28 nitrogen and oxygen atoms in total. The Kier molecular flexibility index (Phi) is 37.1. The molecule has 18 atom stereocenters. The molecule has 3 saturated carbocycles. The number of hydrogen-bond acceptors (Lipinski definition) is 24. The van der Waals surface area contributed by atoms with Crippen LogP contribution in [0.15, 0.2) is 54.6 Å². The second kappa shape index (κ2) is 46.1. The van der Waals surface area contributed by atoms with E-state index < -0.39 is 154 Å². The molecule has 6 aliphatic heterocycles. The predicted molar refractivity (Wildman–Crippen MR) is 473 cm³/mol. The topological polar surface area (TPSA) is 336 Å². The van der Waals surface area contributed by atoms with Crippen molar-refractivity contribution in [3.05, 3.63) is 71.7 Å². The zero-order valence-electron chi connectivity index (χ0n) is 79.9. The van der Waals surface area contributed by atoms with Gasteiger partial charge in [-0.25, -0.2) is 53.6 Å². The summed E-state index contributed by atoms with van der Waals surface area (Å²) < 4.78 is 165. The van der Waals surface area contributed by atoms with Gasteiger partial charge in [-0.1, -0.05) is 159 Å². The number of halogens is 9. The summed E-state index contributed by atoms with van der Waals surface area (Å²) in [5.41, 5.74) is 0.857. The van der Waals surface area contributed by atoms with Gasteiger partial charge in [0.1, 0.15) is 76.5 Å². The first-order valence-electron chi connectivity index (χ1n) is 47.3. The van der Waals surface area contributed by atoms with E-state index in [1.165, 1.54) is 51.1 Å². The number of alkyl carbamates (subject to hydrolysis) is 1. The van der Waals surface area contributed by atoms with Crippen molar-refractivity contribution in [2.75, 3.05) is 19.6 Å². The standard InChI is InChI=1S/C33H42F3N4O6.C33H41F3N3O6.C32H39F3N3O6.3V/c1-5-21-25(18-41)40-17-27(21)44-29-23(37-22-15-14-20(16-24(22)38-29)46-33(34,35)36)12-8-6-7-10-19-11-9-13-26(19)45-31(43)39-28(30(40)42)32(2,3)4;1-6-21-26(18-40)39-17-27(21)43-29-24(37-23-13-12-20(14-25(23)38-29)44-33(34,35)36)11-9-7-8-10-19-16-32(19,5)45-28(41)15-22(30(39)42)31(2,3)4;1-5-20-25(17-39)38-16-27(20)43-29-23(36-22-12-11-19(14-24(22)37-29)44-32(33,34)35)10-8-6-7-9-18-13-26(18)42-28(40)15-21(30(38)41)31(2,3)4;;;/h14-16,19,21,25-28H,5-13,17H2,1-4H3,(H,39,43);12-14,19,21-22,26-27H,6-11,15-17H2,1-5H3;11-12,14,18,20-21,25-27H,5-10,13,15-16H2,1-4H3;;;/q3*-1;;;/t19-,21+,25-,26-,27+,28-;19-,21+,22-,26-,27+,32-;18-,20+,21-,25-,26-,27+;;;/m111.../s1. The summed E-state index contributed by atoms with van der Waals surface area (Å²) in [6, 6.07) is 7.60. The maximum atomic E-state index is 14.1. The van der Waals surface area contributed by atoms with Gasteiger partial charge in [0, 0.05) is 79.8 Å². The first-order chi connectivity index (χ1) is 63.6. The van der Waals surface area contributed by atoms with Crippen LogP contribution in [0.3, 0.4) is 0 Å². The molecule has 40 heteroatoms. The average Bonchev–Trinajstić information content (AvgIpc) is 1.38. The number of hydrogen-bond donors (Lipinski definition) is 1. The molecule has 6 bridgehead atoms. The molecule has 15 rings (SSSR count). The number of esters is 2. The van der Waals surface area contributed by atoms with Crippen LogP contribution in [0, 0.1) is 63.6 Å². The summed E-state index contributed by atoms with van der Waals surface area (Å²) in [7, 11) is 0. The molecule has 3 aromatic carbocycles. The Morgan fingerprint density at radius 2 is 0.775 bits per heavy atom. The maximum Gasteiger partial charge on any atom is 0.573 e. The number of aromatic nitrogens is 6. The minimum absolute atomic E-state index is 0. The van der Waals surface area contributed by atoms with Crippen molar-refractivity contribution in [2.24, 2.45) is 63.6 Å². The molecule has 6 aromatic rings. The zero-order chi connectivity index (χ0) is 97.8. The van der Waals surface area contributed by atoms with E-state index in [9.17, 15) is 82.7 Å². The normalized spacial score (nSPS) is 28.3. The number of alkyl halides is 9. The van der Waals surface area contributed by atoms with E-state index in [4.69, 9.17) is 43.4 Å². The maximum absolute atomic E-state index is 14.1. The number of carbonyl (C=O) groups excluding carboxylic acids is 9. The van der Waals surface area contributed by atoms with Gasteiger partial charge in [-0.15, -0.1) is 39.5 Å². The van der Waals surface area contributed by atoms with Crippen molar-refractivity contribution in [1.82, 2.24) is 49.9 Å². The van der Waals surface area contributed by atoms with Crippen LogP contribution in [0.4, 0.5) is 44.3 Å². The van der Waals surface area contributed by atoms with Crippen LogP contribution in [0.2, 0.25) is 0 Å². The fraction of sp³-hybridized carbons (Fsp3) is 0.663. The third-order valence-electron chi connectivity index (χ3n) is 27.9. The zero-order valence-corrected chi connectivity index (χ0v) is 84.1. The van der Waals surface area contributed by atoms with Crippen LogP contribution in [0.1, 0.15) is 248 Å². The van der Waals surface area contributed by atoms with E-state index in [1.807, 2.05) is 109 Å². The molecule has 6 fully saturated rings. The van der Waals surface area contributed by atoms with Crippen molar-refractivity contribution < 1.29 is 181 Å². The first-order valence-corrected chi connectivity index (χ1v) is 47.3. The quantitative estimate of drug-likeness (QED) is 0.0608. The third-order valence-corrected chi connectivity index (χ3v) is 27.9. The Hall–Kier alpha value is -8.77. The molecule has 1 N–H and O–H groups in total. The minimum Gasteiger partial charge on any atom is -0.540 e. The van der Waals surface area contributed by atoms with Gasteiger partial charge in [0.05, 0.1) is 77.4 Å². The third kappa shape index (κ3) is 28.0. The molecule has 3 aliphatic carbocycles. The monoisotopic (exact) mass is 2050 g/mol. The molecule has 0 unspecified atom stereocenters. The molecule has 9 heterocycles. The van der Waals surface area contributed by atoms with Crippen LogP contribution < -0.4 is 33.7 Å². The summed E-state index contributed by atoms with van der Waals surface area (Å²) in [5.74, 6) is -4.86. The molecule has 0 spiro atoms. The van der Waals surface area contributed by atoms with E-state index in [-0.39, 0.29) is 158 Å². The van der Waals surface area contributed by atoms with Gasteiger partial charge >= 0.3 is 37.1 Å². The summed E-state index contributed by atoms with van der Waals surface area (Å²) >= 11 is 0. The van der Waals surface area contributed by atoms with E-state index >= 15 is 0 Å². The van der Waals surface area contributed by atoms with E-state index in [0.717, 1.165) is 127 Å². The van der Waals surface area contributed by atoms with Crippen LogP contribution in [-0.4, -0.2) is 198 Å². The van der Waals surface area contributed by atoms with Crippen molar-refractivity contribution in [3.8, 4) is 34.9 Å². The fourth-order valence-electron chi connectivity index (χ4n) is 20.2. The fourth-order valence-corrected chi connectivity index (χ4v) is 20.2. The van der Waals surface area contributed by atoms with E-state index in [1.54, 1.807) is 0 Å². The summed E-state index contributed by atoms with van der Waals surface area (Å²) in [6.45, 7) is 24.5. The van der Waals surface area contributed by atoms with Gasteiger partial charge in [-0.3, -0.25) is 24.0 Å². The molecule has 138 heavy (non-hydrogen) atoms. The second-order valence-corrected chi connectivity index (χ2v) is 40.7. The molecule has 9 aliphatic rings. The Bertz CT molecular complexity index is 5300. The predicted octanol–water partition coefficient (Wildman–Crippen LogP) is 17.9. The van der Waals surface area contributed by atoms with Gasteiger partial charge in [0.2, 0.25) is 35.4 Å². The SMILES string of the molecule is CC[C@@H]1[C@@H]2CN(C(=O)[C@H](C(C)(C)C)CC(=O)O[C@@H]3C[C@H]3CCCCCc3nc4ccc(OC(F)(F)F)cc4nc3O2)[C@@H]1[C-]=O.CC[C@@H]1[C@@H]2CN(C(=O)[C@H](C(C)(C)C)CC(=O)O[C@]3(C)C[C@H]3CCCCCc3nc4ccc(OC(F)(F)F)cc4nc3O2)[C@@H]1[C-]=O.CC[C@@H]1[C@@H]2CN(C(=O)[C@H](C(C)(C)C)NC(=O)O[C@@H]3CCC[C@H]3CCCCCc3nc4ccc(OC(F)(F)F)cc4nc3O2)[C@@H]1[C-]=O.[V].[V].[V]. The number of benzene rings is 3. The number of rotatable bonds is 9. The number of aryl methyl sites for hydroxylation is 3. The van der Waals surface area contributed by atoms with Gasteiger partial charge in [0.15, 0.2) is 0 Å². The van der Waals surface area contributed by atoms with Gasteiger partial charge < -0.3 is 77.0 Å². The van der Waals surface area contributed by atoms with Crippen LogP contribution in [0.5, 0.6) is 34.9 Å². The Morgan fingerprint density at radius 1 is 0.413 bits per heavy atom. The molecular formula is C98H122F9N10O18V3-3. The molecular weight excluding hydrogens is 1930 g/mol. The molecule has 3 saturated heterocycles. The van der Waals surface area contributed by atoms with Crippen molar-refractivity contribution in [3.63, 3.8) is 0 Å². The van der Waals surface area contributed by atoms with E-state index in [0.29, 0.717) is 78.1 Å². The van der Waals surface area contributed by atoms with Crippen LogP contribution >= 0.6 is 0 Å². The van der Waals surface area contributed by atoms with Gasteiger partial charge in [-0.2, -0.15) is 0 Å². The molecule has 4 amide bonds. The van der Waals surface area contributed by atoms with Crippen molar-refractivity contribution >= 4 is 87.7 Å². The number of amides is 4. The van der Waals surface area contributed by atoms with Gasteiger partial charge in [-0.05, 0) is 179 Å².